The van der Waals surface area contributed by atoms with Crippen molar-refractivity contribution < 1.29 is 13.2 Å². The van der Waals surface area contributed by atoms with Gasteiger partial charge in [0.1, 0.15) is 5.52 Å². The number of oxazole rings is 1. The van der Waals surface area contributed by atoms with Crippen molar-refractivity contribution in [1.29, 1.82) is 0 Å². The molecule has 2 heterocycles. The summed E-state index contributed by atoms with van der Waals surface area (Å²) in [5.41, 5.74) is 2.43. The number of benzene rings is 2. The van der Waals surface area contributed by atoms with E-state index in [1.165, 1.54) is 10.7 Å². The van der Waals surface area contributed by atoms with Crippen molar-refractivity contribution in [1.82, 2.24) is 14.8 Å². The molecule has 4 rings (SSSR count). The van der Waals surface area contributed by atoms with Gasteiger partial charge in [-0.15, -0.1) is 0 Å². The molecule has 4 aromatic rings. The Morgan fingerprint density at radius 2 is 1.91 bits per heavy atom. The second-order valence-corrected chi connectivity index (χ2v) is 5.82. The molecule has 2 aromatic carbocycles. The molecule has 0 unspecified atom stereocenters. The van der Waals surface area contributed by atoms with E-state index in [0.29, 0.717) is 22.7 Å². The highest BCUT2D eigenvalue weighted by Gasteiger charge is 2.12. The standard InChI is InChI=1S/C16H8BrF2N3O/c17-10-1-4-15-14(5-10)21-16(23-15)9-7-20-22(8-9)11-2-3-12(18)13(19)6-11/h1-8H. The fourth-order valence-electron chi connectivity index (χ4n) is 2.23. The second kappa shape index (κ2) is 5.27. The molecule has 0 saturated heterocycles. The zero-order valence-electron chi connectivity index (χ0n) is 11.5. The summed E-state index contributed by atoms with van der Waals surface area (Å²) in [7, 11) is 0. The minimum absolute atomic E-state index is 0.409. The van der Waals surface area contributed by atoms with Crippen LogP contribution in [0.1, 0.15) is 0 Å². The van der Waals surface area contributed by atoms with Gasteiger partial charge in [-0.05, 0) is 30.3 Å². The lowest BCUT2D eigenvalue weighted by molar-refractivity contribution is 0.507. The smallest absolute Gasteiger partial charge is 0.230 e. The molecule has 0 saturated carbocycles. The maximum absolute atomic E-state index is 13.3. The van der Waals surface area contributed by atoms with Crippen LogP contribution in [0.3, 0.4) is 0 Å². The molecule has 4 nitrogen and oxygen atoms in total. The highest BCUT2D eigenvalue weighted by atomic mass is 79.9. The number of rotatable bonds is 2. The molecule has 0 N–H and O–H groups in total. The van der Waals surface area contributed by atoms with E-state index in [0.717, 1.165) is 22.1 Å². The summed E-state index contributed by atoms with van der Waals surface area (Å²) in [6.45, 7) is 0. The first-order chi connectivity index (χ1) is 11.1. The van der Waals surface area contributed by atoms with Crippen LogP contribution < -0.4 is 0 Å². The first-order valence-corrected chi connectivity index (χ1v) is 7.46. The summed E-state index contributed by atoms with van der Waals surface area (Å²) >= 11 is 3.38. The van der Waals surface area contributed by atoms with Crippen molar-refractivity contribution in [3.63, 3.8) is 0 Å². The SMILES string of the molecule is Fc1ccc(-n2cc(-c3nc4cc(Br)ccc4o3)cn2)cc1F. The van der Waals surface area contributed by atoms with E-state index >= 15 is 0 Å². The van der Waals surface area contributed by atoms with E-state index < -0.39 is 11.6 Å². The molecule has 0 aliphatic heterocycles. The Balaban J connectivity index is 1.75. The van der Waals surface area contributed by atoms with Gasteiger partial charge in [0.15, 0.2) is 17.2 Å². The largest absolute Gasteiger partial charge is 0.436 e. The van der Waals surface area contributed by atoms with Gasteiger partial charge in [-0.2, -0.15) is 5.10 Å². The minimum Gasteiger partial charge on any atom is -0.436 e. The Hall–Kier alpha value is -2.54. The minimum atomic E-state index is -0.925. The molecule has 7 heteroatoms. The molecule has 23 heavy (non-hydrogen) atoms. The van der Waals surface area contributed by atoms with Gasteiger partial charge < -0.3 is 4.42 Å². The van der Waals surface area contributed by atoms with Crippen molar-refractivity contribution in [2.75, 3.05) is 0 Å². The molecule has 0 amide bonds. The summed E-state index contributed by atoms with van der Waals surface area (Å²) in [4.78, 5) is 4.40. The maximum Gasteiger partial charge on any atom is 0.230 e. The zero-order valence-corrected chi connectivity index (χ0v) is 13.1. The Kier molecular flexibility index (Phi) is 3.23. The van der Waals surface area contributed by atoms with E-state index in [1.54, 1.807) is 12.4 Å². The van der Waals surface area contributed by atoms with E-state index in [2.05, 4.69) is 26.0 Å². The third kappa shape index (κ3) is 2.53. The molecular weight excluding hydrogens is 368 g/mol. The van der Waals surface area contributed by atoms with Crippen LogP contribution in [0.5, 0.6) is 0 Å². The molecular formula is C16H8BrF2N3O. The molecule has 0 fully saturated rings. The maximum atomic E-state index is 13.3. The van der Waals surface area contributed by atoms with Crippen LogP contribution in [0.25, 0.3) is 28.2 Å². The lowest BCUT2D eigenvalue weighted by Crippen LogP contribution is -1.96. The lowest BCUT2D eigenvalue weighted by atomic mass is 10.3. The normalized spacial score (nSPS) is 11.3. The first-order valence-electron chi connectivity index (χ1n) is 6.67. The van der Waals surface area contributed by atoms with Crippen molar-refractivity contribution in [3.05, 3.63) is 64.9 Å². The zero-order chi connectivity index (χ0) is 16.0. The fraction of sp³-hybridized carbons (Fsp3) is 0. The summed E-state index contributed by atoms with van der Waals surface area (Å²) in [5, 5.41) is 4.14. The molecule has 0 aliphatic rings. The Labute approximate surface area is 137 Å². The Morgan fingerprint density at radius 3 is 2.74 bits per heavy atom. The van der Waals surface area contributed by atoms with Crippen molar-refractivity contribution in [2.24, 2.45) is 0 Å². The summed E-state index contributed by atoms with van der Waals surface area (Å²) in [5.74, 6) is -1.41. The lowest BCUT2D eigenvalue weighted by Gasteiger charge is -2.01. The molecule has 0 radical (unpaired) electrons. The van der Waals surface area contributed by atoms with Crippen LogP contribution in [-0.4, -0.2) is 14.8 Å². The van der Waals surface area contributed by atoms with Crippen LogP contribution in [-0.2, 0) is 0 Å². The molecule has 114 valence electrons. The summed E-state index contributed by atoms with van der Waals surface area (Å²) < 4.78 is 34.3. The Bertz CT molecular complexity index is 1030. The van der Waals surface area contributed by atoms with Crippen molar-refractivity contribution >= 4 is 27.0 Å². The number of halogens is 3. The van der Waals surface area contributed by atoms with Gasteiger partial charge in [0.25, 0.3) is 0 Å². The summed E-state index contributed by atoms with van der Waals surface area (Å²) in [6.07, 6.45) is 3.20. The van der Waals surface area contributed by atoms with Gasteiger partial charge >= 0.3 is 0 Å². The van der Waals surface area contributed by atoms with Crippen LogP contribution >= 0.6 is 15.9 Å². The van der Waals surface area contributed by atoms with Gasteiger partial charge in [-0.25, -0.2) is 18.4 Å². The molecule has 0 aliphatic carbocycles. The number of fused-ring (bicyclic) bond motifs is 1. The van der Waals surface area contributed by atoms with E-state index in [1.807, 2.05) is 18.2 Å². The predicted octanol–water partition coefficient (Wildman–Crippen LogP) is 4.72. The van der Waals surface area contributed by atoms with Gasteiger partial charge in [0.05, 0.1) is 17.4 Å². The first kappa shape index (κ1) is 14.1. The second-order valence-electron chi connectivity index (χ2n) is 4.90. The van der Waals surface area contributed by atoms with Crippen LogP contribution in [0, 0.1) is 11.6 Å². The van der Waals surface area contributed by atoms with E-state index in [9.17, 15) is 8.78 Å². The third-order valence-corrected chi connectivity index (χ3v) is 3.84. The van der Waals surface area contributed by atoms with E-state index in [4.69, 9.17) is 4.42 Å². The number of aromatic nitrogens is 3. The van der Waals surface area contributed by atoms with Gasteiger partial charge in [0, 0.05) is 16.7 Å². The summed E-state index contributed by atoms with van der Waals surface area (Å²) in [6, 6.07) is 9.11. The van der Waals surface area contributed by atoms with Crippen LogP contribution in [0.15, 0.2) is 57.7 Å². The highest BCUT2D eigenvalue weighted by molar-refractivity contribution is 9.10. The Morgan fingerprint density at radius 1 is 1.04 bits per heavy atom. The molecule has 2 aromatic heterocycles. The number of hydrogen-bond donors (Lipinski definition) is 0. The molecule has 0 atom stereocenters. The molecule has 0 spiro atoms. The van der Waals surface area contributed by atoms with E-state index in [-0.39, 0.29) is 0 Å². The fourth-order valence-corrected chi connectivity index (χ4v) is 2.58. The van der Waals surface area contributed by atoms with Crippen molar-refractivity contribution in [2.45, 2.75) is 0 Å². The monoisotopic (exact) mass is 375 g/mol. The topological polar surface area (TPSA) is 43.9 Å². The van der Waals surface area contributed by atoms with Gasteiger partial charge in [-0.1, -0.05) is 15.9 Å². The van der Waals surface area contributed by atoms with Gasteiger partial charge in [0.2, 0.25) is 5.89 Å². The highest BCUT2D eigenvalue weighted by Crippen LogP contribution is 2.26. The number of nitrogens with zero attached hydrogens (tertiary/aromatic N) is 3. The van der Waals surface area contributed by atoms with Crippen molar-refractivity contribution in [3.8, 4) is 17.1 Å². The van der Waals surface area contributed by atoms with Crippen LogP contribution in [0.4, 0.5) is 8.78 Å². The van der Waals surface area contributed by atoms with Crippen LogP contribution in [0.2, 0.25) is 0 Å². The van der Waals surface area contributed by atoms with Gasteiger partial charge in [-0.3, -0.25) is 0 Å². The average molecular weight is 376 g/mol. The predicted molar refractivity (Wildman–Crippen MR) is 84.2 cm³/mol. The third-order valence-electron chi connectivity index (χ3n) is 3.35. The number of hydrogen-bond acceptors (Lipinski definition) is 3. The average Bonchev–Trinajstić information content (AvgIpc) is 3.15. The quantitative estimate of drug-likeness (QED) is 0.509. The molecule has 0 bridgehead atoms.